The van der Waals surface area contributed by atoms with Crippen molar-refractivity contribution in [1.29, 1.82) is 0 Å². The minimum Gasteiger partial charge on any atom is -0.347 e. The van der Waals surface area contributed by atoms with Gasteiger partial charge in [-0.05, 0) is 19.8 Å². The van der Waals surface area contributed by atoms with E-state index in [0.717, 1.165) is 0 Å². The molecule has 20 heavy (non-hydrogen) atoms. The van der Waals surface area contributed by atoms with Gasteiger partial charge < -0.3 is 9.84 Å². The second-order valence-electron chi connectivity index (χ2n) is 4.89. The highest BCUT2D eigenvalue weighted by atomic mass is 32.2. The number of carbonyl (C=O) groups excluding carboxylic acids is 1. The summed E-state index contributed by atoms with van der Waals surface area (Å²) in [5.41, 5.74) is 0. The molecule has 112 valence electrons. The number of rotatable bonds is 4. The number of hydrogen-bond donors (Lipinski definition) is 1. The van der Waals surface area contributed by atoms with Gasteiger partial charge in [-0.2, -0.15) is 4.98 Å². The van der Waals surface area contributed by atoms with Crippen molar-refractivity contribution in [3.05, 3.63) is 11.7 Å². The number of nitrogens with zero attached hydrogens (tertiary/aromatic N) is 3. The van der Waals surface area contributed by atoms with E-state index in [1.54, 1.807) is 6.92 Å². The summed E-state index contributed by atoms with van der Waals surface area (Å²) in [5.74, 6) is 0.617. The van der Waals surface area contributed by atoms with Crippen LogP contribution in [0.4, 0.5) is 0 Å². The molecule has 0 radical (unpaired) electrons. The van der Waals surface area contributed by atoms with Crippen LogP contribution in [0, 0.1) is 12.8 Å². The Balaban J connectivity index is 1.80. The number of piperidine rings is 1. The summed E-state index contributed by atoms with van der Waals surface area (Å²) < 4.78 is 29.0. The largest absolute Gasteiger partial charge is 0.347 e. The van der Waals surface area contributed by atoms with E-state index < -0.39 is 10.0 Å². The lowest BCUT2D eigenvalue weighted by Gasteiger charge is -2.29. The Morgan fingerprint density at radius 3 is 2.60 bits per heavy atom. The van der Waals surface area contributed by atoms with Crippen LogP contribution in [0.2, 0.25) is 0 Å². The first kappa shape index (κ1) is 14.9. The van der Waals surface area contributed by atoms with Crippen LogP contribution in [0.15, 0.2) is 4.52 Å². The fourth-order valence-electron chi connectivity index (χ4n) is 2.17. The first-order valence-electron chi connectivity index (χ1n) is 6.38. The van der Waals surface area contributed by atoms with Gasteiger partial charge in [0.25, 0.3) is 0 Å². The Labute approximate surface area is 117 Å². The molecule has 0 unspecified atom stereocenters. The van der Waals surface area contributed by atoms with Crippen molar-refractivity contribution in [2.75, 3.05) is 19.3 Å². The SMILES string of the molecule is Cc1noc(CNC(=O)C2CCN(S(C)(=O)=O)CC2)n1. The summed E-state index contributed by atoms with van der Waals surface area (Å²) in [6.07, 6.45) is 2.24. The molecule has 1 aliphatic rings. The highest BCUT2D eigenvalue weighted by Gasteiger charge is 2.28. The van der Waals surface area contributed by atoms with E-state index in [2.05, 4.69) is 15.5 Å². The van der Waals surface area contributed by atoms with Gasteiger partial charge in [-0.1, -0.05) is 5.16 Å². The van der Waals surface area contributed by atoms with Crippen LogP contribution in [0.5, 0.6) is 0 Å². The molecule has 0 aromatic carbocycles. The van der Waals surface area contributed by atoms with Crippen LogP contribution in [-0.2, 0) is 21.4 Å². The van der Waals surface area contributed by atoms with Crippen LogP contribution in [0.25, 0.3) is 0 Å². The zero-order chi connectivity index (χ0) is 14.8. The molecule has 0 spiro atoms. The van der Waals surface area contributed by atoms with Crippen molar-refractivity contribution in [2.24, 2.45) is 5.92 Å². The van der Waals surface area contributed by atoms with E-state index >= 15 is 0 Å². The Bertz CT molecular complexity index is 575. The van der Waals surface area contributed by atoms with Crippen molar-refractivity contribution in [2.45, 2.75) is 26.3 Å². The molecule has 1 aromatic rings. The zero-order valence-electron chi connectivity index (χ0n) is 11.5. The molecule has 0 atom stereocenters. The zero-order valence-corrected chi connectivity index (χ0v) is 12.3. The Hall–Kier alpha value is -1.48. The van der Waals surface area contributed by atoms with Crippen LogP contribution in [-0.4, -0.2) is 48.1 Å². The van der Waals surface area contributed by atoms with Gasteiger partial charge in [0.05, 0.1) is 12.8 Å². The number of aryl methyl sites for hydroxylation is 1. The normalized spacial score (nSPS) is 18.1. The lowest BCUT2D eigenvalue weighted by Crippen LogP contribution is -2.42. The molecule has 0 saturated carbocycles. The monoisotopic (exact) mass is 302 g/mol. The van der Waals surface area contributed by atoms with Crippen LogP contribution in [0.3, 0.4) is 0 Å². The summed E-state index contributed by atoms with van der Waals surface area (Å²) in [6.45, 7) is 2.68. The fraction of sp³-hybridized carbons (Fsp3) is 0.727. The smallest absolute Gasteiger partial charge is 0.246 e. The molecular weight excluding hydrogens is 284 g/mol. The molecule has 8 nitrogen and oxygen atoms in total. The number of amides is 1. The predicted molar refractivity (Wildman–Crippen MR) is 70.0 cm³/mol. The predicted octanol–water partition coefficient (Wildman–Crippen LogP) is -0.334. The summed E-state index contributed by atoms with van der Waals surface area (Å²) in [5, 5.41) is 6.37. The standard InChI is InChI=1S/C11H18N4O4S/c1-8-13-10(19-14-8)7-12-11(16)9-3-5-15(6-4-9)20(2,17)18/h9H,3-7H2,1-2H3,(H,12,16). The summed E-state index contributed by atoms with van der Waals surface area (Å²) >= 11 is 0. The summed E-state index contributed by atoms with van der Waals surface area (Å²) in [4.78, 5) is 16.0. The second kappa shape index (κ2) is 5.88. The molecule has 1 aliphatic heterocycles. The third-order valence-electron chi connectivity index (χ3n) is 3.28. The molecule has 1 saturated heterocycles. The minimum absolute atomic E-state index is 0.103. The van der Waals surface area contributed by atoms with Crippen molar-refractivity contribution < 1.29 is 17.7 Å². The Morgan fingerprint density at radius 2 is 2.10 bits per heavy atom. The van der Waals surface area contributed by atoms with E-state index in [-0.39, 0.29) is 18.4 Å². The van der Waals surface area contributed by atoms with Gasteiger partial charge in [-0.15, -0.1) is 0 Å². The van der Waals surface area contributed by atoms with Gasteiger partial charge in [0.15, 0.2) is 5.82 Å². The first-order valence-corrected chi connectivity index (χ1v) is 8.23. The maximum atomic E-state index is 12.0. The van der Waals surface area contributed by atoms with E-state index in [1.807, 2.05) is 0 Å². The lowest BCUT2D eigenvalue weighted by molar-refractivity contribution is -0.126. The summed E-state index contributed by atoms with van der Waals surface area (Å²) in [6, 6.07) is 0. The van der Waals surface area contributed by atoms with E-state index in [1.165, 1.54) is 10.6 Å². The molecule has 1 N–H and O–H groups in total. The number of aromatic nitrogens is 2. The van der Waals surface area contributed by atoms with Crippen molar-refractivity contribution in [1.82, 2.24) is 19.8 Å². The molecule has 0 aliphatic carbocycles. The first-order chi connectivity index (χ1) is 9.36. The highest BCUT2D eigenvalue weighted by molar-refractivity contribution is 7.88. The van der Waals surface area contributed by atoms with Gasteiger partial charge in [-0.3, -0.25) is 4.79 Å². The van der Waals surface area contributed by atoms with Crippen molar-refractivity contribution in [3.8, 4) is 0 Å². The Morgan fingerprint density at radius 1 is 1.45 bits per heavy atom. The van der Waals surface area contributed by atoms with Crippen molar-refractivity contribution >= 4 is 15.9 Å². The van der Waals surface area contributed by atoms with E-state index in [0.29, 0.717) is 37.6 Å². The average molecular weight is 302 g/mol. The molecule has 2 heterocycles. The van der Waals surface area contributed by atoms with Gasteiger partial charge in [0.2, 0.25) is 21.8 Å². The van der Waals surface area contributed by atoms with Gasteiger partial charge in [0, 0.05) is 19.0 Å². The maximum Gasteiger partial charge on any atom is 0.246 e. The lowest BCUT2D eigenvalue weighted by atomic mass is 9.97. The van der Waals surface area contributed by atoms with Gasteiger partial charge in [0.1, 0.15) is 0 Å². The molecule has 9 heteroatoms. The second-order valence-corrected chi connectivity index (χ2v) is 6.87. The molecule has 2 rings (SSSR count). The van der Waals surface area contributed by atoms with Gasteiger partial charge in [-0.25, -0.2) is 12.7 Å². The third kappa shape index (κ3) is 3.76. The van der Waals surface area contributed by atoms with Crippen LogP contribution in [0.1, 0.15) is 24.6 Å². The molecule has 1 amide bonds. The number of sulfonamides is 1. The number of nitrogens with one attached hydrogen (secondary N) is 1. The van der Waals surface area contributed by atoms with E-state index in [9.17, 15) is 13.2 Å². The topological polar surface area (TPSA) is 105 Å². The maximum absolute atomic E-state index is 12.0. The number of hydrogen-bond acceptors (Lipinski definition) is 6. The van der Waals surface area contributed by atoms with Gasteiger partial charge >= 0.3 is 0 Å². The average Bonchev–Trinajstić information content (AvgIpc) is 2.81. The van der Waals surface area contributed by atoms with E-state index in [4.69, 9.17) is 4.52 Å². The third-order valence-corrected chi connectivity index (χ3v) is 4.58. The molecule has 0 bridgehead atoms. The van der Waals surface area contributed by atoms with Crippen molar-refractivity contribution in [3.63, 3.8) is 0 Å². The number of carbonyl (C=O) groups is 1. The molecule has 1 aromatic heterocycles. The van der Waals surface area contributed by atoms with Crippen LogP contribution < -0.4 is 5.32 Å². The Kier molecular flexibility index (Phi) is 4.39. The fourth-order valence-corrected chi connectivity index (χ4v) is 3.04. The quantitative estimate of drug-likeness (QED) is 0.816. The van der Waals surface area contributed by atoms with Crippen LogP contribution >= 0.6 is 0 Å². The minimum atomic E-state index is -3.16. The molecule has 1 fully saturated rings. The molecular formula is C11H18N4O4S. The summed E-state index contributed by atoms with van der Waals surface area (Å²) in [7, 11) is -3.16. The highest BCUT2D eigenvalue weighted by Crippen LogP contribution is 2.19.